The molecule has 1 aromatic rings. The molecule has 0 aromatic carbocycles. The molecule has 0 radical (unpaired) electrons. The summed E-state index contributed by atoms with van der Waals surface area (Å²) in [4.78, 5) is 11.0. The first kappa shape index (κ1) is 13.1. The van der Waals surface area contributed by atoms with Crippen LogP contribution in [-0.2, 0) is 0 Å². The monoisotopic (exact) mass is 249 g/mol. The minimum Gasteiger partial charge on any atom is -0.353 e. The highest BCUT2D eigenvalue weighted by Gasteiger charge is 2.31. The van der Waals surface area contributed by atoms with Gasteiger partial charge in [-0.05, 0) is 32.1 Å². The molecule has 1 heterocycles. The van der Waals surface area contributed by atoms with Crippen LogP contribution < -0.4 is 16.2 Å². The van der Waals surface area contributed by atoms with Gasteiger partial charge in [0.2, 0.25) is 0 Å². The molecule has 3 N–H and O–H groups in total. The Balaban J connectivity index is 2.19. The van der Waals surface area contributed by atoms with E-state index in [2.05, 4.69) is 34.1 Å². The van der Waals surface area contributed by atoms with E-state index in [1.54, 1.807) is 6.33 Å². The van der Waals surface area contributed by atoms with E-state index in [9.17, 15) is 0 Å². The van der Waals surface area contributed by atoms with E-state index in [0.29, 0.717) is 12.0 Å². The van der Waals surface area contributed by atoms with E-state index in [1.807, 2.05) is 6.92 Å². The molecule has 0 bridgehead atoms. The molecule has 0 amide bonds. The fourth-order valence-corrected chi connectivity index (χ4v) is 2.12. The van der Waals surface area contributed by atoms with Crippen molar-refractivity contribution in [2.45, 2.75) is 46.1 Å². The van der Waals surface area contributed by atoms with Gasteiger partial charge >= 0.3 is 0 Å². The first-order valence-corrected chi connectivity index (χ1v) is 6.68. The SMILES string of the molecule is Cc1c(NN)ncnc1N(CCC(C)C)C1CC1. The van der Waals surface area contributed by atoms with Crippen LogP contribution in [0.1, 0.15) is 38.7 Å². The Bertz CT molecular complexity index is 400. The molecule has 0 atom stereocenters. The van der Waals surface area contributed by atoms with Gasteiger partial charge in [-0.1, -0.05) is 13.8 Å². The van der Waals surface area contributed by atoms with Gasteiger partial charge in [-0.25, -0.2) is 15.8 Å². The zero-order valence-electron chi connectivity index (χ0n) is 11.5. The minimum atomic E-state index is 0.656. The van der Waals surface area contributed by atoms with Crippen molar-refractivity contribution in [3.8, 4) is 0 Å². The lowest BCUT2D eigenvalue weighted by Crippen LogP contribution is -2.30. The number of nitrogen functional groups attached to an aromatic ring is 1. The lowest BCUT2D eigenvalue weighted by atomic mass is 10.1. The highest BCUT2D eigenvalue weighted by atomic mass is 15.3. The first-order chi connectivity index (χ1) is 8.63. The molecule has 18 heavy (non-hydrogen) atoms. The summed E-state index contributed by atoms with van der Waals surface area (Å²) in [7, 11) is 0. The Morgan fingerprint density at radius 2 is 2.17 bits per heavy atom. The van der Waals surface area contributed by atoms with Crippen LogP contribution in [0.25, 0.3) is 0 Å². The quantitative estimate of drug-likeness (QED) is 0.597. The van der Waals surface area contributed by atoms with E-state index >= 15 is 0 Å². The molecule has 0 unspecified atom stereocenters. The second kappa shape index (κ2) is 5.52. The average molecular weight is 249 g/mol. The Morgan fingerprint density at radius 3 is 2.72 bits per heavy atom. The molecule has 1 aromatic heterocycles. The van der Waals surface area contributed by atoms with Crippen LogP contribution in [0.5, 0.6) is 0 Å². The van der Waals surface area contributed by atoms with Crippen molar-refractivity contribution in [3.05, 3.63) is 11.9 Å². The smallest absolute Gasteiger partial charge is 0.148 e. The molecule has 1 saturated carbocycles. The van der Waals surface area contributed by atoms with E-state index in [-0.39, 0.29) is 0 Å². The molecule has 100 valence electrons. The number of nitrogens with one attached hydrogen (secondary N) is 1. The van der Waals surface area contributed by atoms with Crippen LogP contribution in [0.2, 0.25) is 0 Å². The summed E-state index contributed by atoms with van der Waals surface area (Å²) in [5.74, 6) is 7.93. The number of hydrogen-bond acceptors (Lipinski definition) is 5. The lowest BCUT2D eigenvalue weighted by molar-refractivity contribution is 0.568. The summed E-state index contributed by atoms with van der Waals surface area (Å²) in [5, 5.41) is 0. The molecule has 5 nitrogen and oxygen atoms in total. The van der Waals surface area contributed by atoms with Gasteiger partial charge in [0.05, 0.1) is 0 Å². The Morgan fingerprint density at radius 1 is 1.44 bits per heavy atom. The summed E-state index contributed by atoms with van der Waals surface area (Å²) in [6.45, 7) is 7.59. The molecule has 0 spiro atoms. The number of hydrogen-bond donors (Lipinski definition) is 2. The highest BCUT2D eigenvalue weighted by Crippen LogP contribution is 2.33. The number of nitrogens with two attached hydrogens (primary N) is 1. The third-order valence-electron chi connectivity index (χ3n) is 3.40. The van der Waals surface area contributed by atoms with Crippen LogP contribution >= 0.6 is 0 Å². The van der Waals surface area contributed by atoms with E-state index in [0.717, 1.165) is 23.7 Å². The number of aromatic nitrogens is 2. The molecule has 1 fully saturated rings. The van der Waals surface area contributed by atoms with Crippen LogP contribution in [0.3, 0.4) is 0 Å². The van der Waals surface area contributed by atoms with Gasteiger partial charge in [-0.3, -0.25) is 0 Å². The zero-order valence-corrected chi connectivity index (χ0v) is 11.5. The number of rotatable bonds is 6. The van der Waals surface area contributed by atoms with Crippen LogP contribution in [0, 0.1) is 12.8 Å². The summed E-state index contributed by atoms with van der Waals surface area (Å²) in [5.41, 5.74) is 3.67. The molecular weight excluding hydrogens is 226 g/mol. The van der Waals surface area contributed by atoms with Crippen molar-refractivity contribution >= 4 is 11.6 Å². The summed E-state index contributed by atoms with van der Waals surface area (Å²) >= 11 is 0. The molecule has 0 saturated heterocycles. The van der Waals surface area contributed by atoms with Gasteiger partial charge in [0.1, 0.15) is 18.0 Å². The van der Waals surface area contributed by atoms with Gasteiger partial charge in [0.25, 0.3) is 0 Å². The predicted molar refractivity (Wildman–Crippen MR) is 74.4 cm³/mol. The fourth-order valence-electron chi connectivity index (χ4n) is 2.12. The van der Waals surface area contributed by atoms with E-state index in [4.69, 9.17) is 5.84 Å². The normalized spacial score (nSPS) is 14.9. The summed E-state index contributed by atoms with van der Waals surface area (Å²) in [6, 6.07) is 0.656. The van der Waals surface area contributed by atoms with Crippen molar-refractivity contribution in [3.63, 3.8) is 0 Å². The number of nitrogens with zero attached hydrogens (tertiary/aromatic N) is 3. The van der Waals surface area contributed by atoms with Crippen molar-refractivity contribution in [2.75, 3.05) is 16.9 Å². The molecular formula is C13H23N5. The lowest BCUT2D eigenvalue weighted by Gasteiger charge is -2.26. The van der Waals surface area contributed by atoms with Crippen molar-refractivity contribution in [1.29, 1.82) is 0 Å². The van der Waals surface area contributed by atoms with Crippen molar-refractivity contribution in [2.24, 2.45) is 11.8 Å². The maximum Gasteiger partial charge on any atom is 0.148 e. The van der Waals surface area contributed by atoms with Crippen molar-refractivity contribution < 1.29 is 0 Å². The summed E-state index contributed by atoms with van der Waals surface area (Å²) < 4.78 is 0. The number of anilines is 2. The first-order valence-electron chi connectivity index (χ1n) is 6.68. The van der Waals surface area contributed by atoms with E-state index in [1.165, 1.54) is 19.3 Å². The van der Waals surface area contributed by atoms with Gasteiger partial charge in [0, 0.05) is 18.2 Å². The highest BCUT2D eigenvalue weighted by molar-refractivity contribution is 5.58. The van der Waals surface area contributed by atoms with Crippen LogP contribution in [-0.4, -0.2) is 22.6 Å². The fraction of sp³-hybridized carbons (Fsp3) is 0.692. The van der Waals surface area contributed by atoms with Crippen molar-refractivity contribution in [1.82, 2.24) is 9.97 Å². The maximum atomic E-state index is 5.47. The standard InChI is InChI=1S/C13H23N5/c1-9(2)6-7-18(11-4-5-11)13-10(3)12(17-14)15-8-16-13/h8-9,11H,4-7,14H2,1-3H3,(H,15,16,17). The molecule has 2 rings (SSSR count). The Kier molecular flexibility index (Phi) is 4.01. The van der Waals surface area contributed by atoms with Gasteiger partial charge in [-0.2, -0.15) is 0 Å². The molecule has 1 aliphatic carbocycles. The van der Waals surface area contributed by atoms with Crippen LogP contribution in [0.4, 0.5) is 11.6 Å². The third kappa shape index (κ3) is 2.90. The topological polar surface area (TPSA) is 67.1 Å². The molecule has 0 aliphatic heterocycles. The third-order valence-corrected chi connectivity index (χ3v) is 3.40. The predicted octanol–water partition coefficient (Wildman–Crippen LogP) is 2.09. The zero-order chi connectivity index (χ0) is 13.1. The Labute approximate surface area is 109 Å². The molecule has 5 heteroatoms. The average Bonchev–Trinajstić information content (AvgIpc) is 3.15. The second-order valence-electron chi connectivity index (χ2n) is 5.42. The summed E-state index contributed by atoms with van der Waals surface area (Å²) in [6.07, 6.45) is 5.31. The number of hydrazine groups is 1. The minimum absolute atomic E-state index is 0.656. The largest absolute Gasteiger partial charge is 0.353 e. The van der Waals surface area contributed by atoms with Gasteiger partial charge in [-0.15, -0.1) is 0 Å². The molecule has 1 aliphatic rings. The Hall–Kier alpha value is -1.36. The van der Waals surface area contributed by atoms with E-state index < -0.39 is 0 Å². The van der Waals surface area contributed by atoms with Gasteiger partial charge < -0.3 is 10.3 Å². The van der Waals surface area contributed by atoms with Gasteiger partial charge in [0.15, 0.2) is 0 Å². The maximum absolute atomic E-state index is 5.47. The second-order valence-corrected chi connectivity index (χ2v) is 5.42. The van der Waals surface area contributed by atoms with Crippen LogP contribution in [0.15, 0.2) is 6.33 Å².